The van der Waals surface area contributed by atoms with Gasteiger partial charge in [-0.05, 0) is 45.9 Å². The number of aromatic nitrogens is 1. The lowest BCUT2D eigenvalue weighted by atomic mass is 10.1. The fourth-order valence-electron chi connectivity index (χ4n) is 1.74. The van der Waals surface area contributed by atoms with E-state index in [4.69, 9.17) is 0 Å². The highest BCUT2D eigenvalue weighted by atomic mass is 79.9. The molecule has 2 rings (SSSR count). The monoisotopic (exact) mass is 354 g/mol. The molecule has 0 aliphatic rings. The molecule has 20 heavy (non-hydrogen) atoms. The maximum absolute atomic E-state index is 12.1. The molecule has 0 bridgehead atoms. The van der Waals surface area contributed by atoms with Gasteiger partial charge in [-0.15, -0.1) is 0 Å². The lowest BCUT2D eigenvalue weighted by Gasteiger charge is -2.21. The van der Waals surface area contributed by atoms with Crippen molar-refractivity contribution in [2.45, 2.75) is 38.5 Å². The minimum absolute atomic E-state index is 0.0570. The van der Waals surface area contributed by atoms with E-state index in [-0.39, 0.29) is 10.8 Å². The summed E-state index contributed by atoms with van der Waals surface area (Å²) in [5, 5.41) is 1.10. The molecule has 1 heterocycles. The van der Waals surface area contributed by atoms with Crippen molar-refractivity contribution in [1.29, 1.82) is 0 Å². The Morgan fingerprint density at radius 1 is 1.25 bits per heavy atom. The Hall–Kier alpha value is -0.780. The van der Waals surface area contributed by atoms with Crippen molar-refractivity contribution < 1.29 is 4.21 Å². The van der Waals surface area contributed by atoms with E-state index in [1.807, 2.05) is 58.0 Å². The third-order valence-electron chi connectivity index (χ3n) is 2.96. The Labute approximate surface area is 130 Å². The first-order valence-corrected chi connectivity index (χ1v) is 8.46. The molecule has 0 saturated carbocycles. The van der Waals surface area contributed by atoms with Crippen LogP contribution in [0, 0.1) is 0 Å². The zero-order valence-electron chi connectivity index (χ0n) is 12.1. The molecular formula is C15H19BrN2OS. The smallest absolute Gasteiger partial charge is 0.0976 e. The van der Waals surface area contributed by atoms with E-state index in [2.05, 4.69) is 25.6 Å². The Kier molecular flexibility index (Phi) is 4.62. The van der Waals surface area contributed by atoms with Gasteiger partial charge in [-0.3, -0.25) is 4.98 Å². The van der Waals surface area contributed by atoms with Gasteiger partial charge in [-0.1, -0.05) is 28.1 Å². The van der Waals surface area contributed by atoms with E-state index in [1.165, 1.54) is 0 Å². The number of hydrogen-bond donors (Lipinski definition) is 1. The molecule has 1 aromatic heterocycles. The highest BCUT2D eigenvalue weighted by molar-refractivity contribution is 9.10. The summed E-state index contributed by atoms with van der Waals surface area (Å²) in [6, 6.07) is 9.99. The van der Waals surface area contributed by atoms with Crippen molar-refractivity contribution in [3.63, 3.8) is 0 Å². The van der Waals surface area contributed by atoms with Gasteiger partial charge in [0.05, 0.1) is 33.0 Å². The normalized spacial score (nSPS) is 15.2. The third kappa shape index (κ3) is 3.65. The van der Waals surface area contributed by atoms with Gasteiger partial charge in [0, 0.05) is 9.86 Å². The van der Waals surface area contributed by atoms with Gasteiger partial charge < -0.3 is 0 Å². The summed E-state index contributed by atoms with van der Waals surface area (Å²) >= 11 is 3.46. The van der Waals surface area contributed by atoms with Crippen LogP contribution >= 0.6 is 15.9 Å². The summed E-state index contributed by atoms with van der Waals surface area (Å²) in [5.41, 5.74) is 1.83. The minimum atomic E-state index is -1.11. The molecule has 0 unspecified atom stereocenters. The molecular weight excluding hydrogens is 336 g/mol. The van der Waals surface area contributed by atoms with Crippen LogP contribution in [0.15, 0.2) is 34.8 Å². The summed E-state index contributed by atoms with van der Waals surface area (Å²) < 4.78 is 16.0. The lowest BCUT2D eigenvalue weighted by molar-refractivity contribution is 0.612. The van der Waals surface area contributed by atoms with Gasteiger partial charge >= 0.3 is 0 Å². The fourth-order valence-corrected chi connectivity index (χ4v) is 2.89. The maximum atomic E-state index is 12.1. The van der Waals surface area contributed by atoms with Crippen LogP contribution in [-0.2, 0) is 11.0 Å². The molecule has 0 fully saturated rings. The van der Waals surface area contributed by atoms with Crippen molar-refractivity contribution in [2.75, 3.05) is 0 Å². The van der Waals surface area contributed by atoms with Gasteiger partial charge in [0.25, 0.3) is 0 Å². The molecule has 1 aromatic carbocycles. The number of fused-ring (bicyclic) bond motifs is 1. The van der Waals surface area contributed by atoms with Crippen LogP contribution in [0.5, 0.6) is 0 Å². The average Bonchev–Trinajstić information content (AvgIpc) is 2.36. The highest BCUT2D eigenvalue weighted by Gasteiger charge is 2.22. The van der Waals surface area contributed by atoms with Gasteiger partial charge in [0.2, 0.25) is 0 Å². The molecule has 0 aliphatic carbocycles. The topological polar surface area (TPSA) is 42.0 Å². The summed E-state index contributed by atoms with van der Waals surface area (Å²) in [4.78, 5) is 4.64. The van der Waals surface area contributed by atoms with Crippen LogP contribution in [0.1, 0.15) is 39.4 Å². The molecule has 108 valence electrons. The van der Waals surface area contributed by atoms with Crippen LogP contribution in [0.25, 0.3) is 10.9 Å². The summed E-state index contributed by atoms with van der Waals surface area (Å²) in [6.45, 7) is 7.84. The Balaban J connectivity index is 2.26. The minimum Gasteiger partial charge on any atom is -0.251 e. The van der Waals surface area contributed by atoms with Crippen LogP contribution in [0.4, 0.5) is 0 Å². The zero-order chi connectivity index (χ0) is 14.9. The fraction of sp³-hybridized carbons (Fsp3) is 0.400. The number of hydrogen-bond acceptors (Lipinski definition) is 2. The molecule has 5 heteroatoms. The molecule has 3 nitrogen and oxygen atoms in total. The Morgan fingerprint density at radius 2 is 1.90 bits per heavy atom. The number of halogens is 1. The summed E-state index contributed by atoms with van der Waals surface area (Å²) in [6.07, 6.45) is 0. The van der Waals surface area contributed by atoms with Crippen molar-refractivity contribution >= 4 is 37.8 Å². The quantitative estimate of drug-likeness (QED) is 0.900. The van der Waals surface area contributed by atoms with Crippen LogP contribution in [-0.4, -0.2) is 13.9 Å². The summed E-state index contributed by atoms with van der Waals surface area (Å²) in [5.74, 6) is 0. The molecule has 0 saturated heterocycles. The van der Waals surface area contributed by atoms with Crippen molar-refractivity contribution in [3.05, 3.63) is 40.5 Å². The highest BCUT2D eigenvalue weighted by Crippen LogP contribution is 2.21. The molecule has 2 aromatic rings. The van der Waals surface area contributed by atoms with Crippen molar-refractivity contribution in [3.8, 4) is 0 Å². The molecule has 0 spiro atoms. The molecule has 0 aliphatic heterocycles. The van der Waals surface area contributed by atoms with E-state index >= 15 is 0 Å². The number of nitrogens with zero attached hydrogens (tertiary/aromatic N) is 1. The maximum Gasteiger partial charge on any atom is 0.0976 e. The van der Waals surface area contributed by atoms with Crippen LogP contribution in [0.2, 0.25) is 0 Å². The van der Waals surface area contributed by atoms with E-state index < -0.39 is 11.0 Å². The summed E-state index contributed by atoms with van der Waals surface area (Å²) in [7, 11) is -1.11. The largest absolute Gasteiger partial charge is 0.251 e. The molecule has 2 atom stereocenters. The second-order valence-electron chi connectivity index (χ2n) is 5.79. The van der Waals surface area contributed by atoms with Gasteiger partial charge in [-0.25, -0.2) is 8.93 Å². The Morgan fingerprint density at radius 3 is 2.55 bits per heavy atom. The van der Waals surface area contributed by atoms with Gasteiger partial charge in [0.15, 0.2) is 0 Å². The van der Waals surface area contributed by atoms with E-state index in [0.717, 1.165) is 21.1 Å². The predicted octanol–water partition coefficient (Wildman–Crippen LogP) is 4.11. The standard InChI is InChI=1S/C15H19BrN2OS/c1-10(18-20(19)15(2,3)4)13-8-6-11-5-7-12(16)9-14(11)17-13/h5-10,18H,1-4H3/t10-,20-/m1/s1. The lowest BCUT2D eigenvalue weighted by Crippen LogP contribution is -2.35. The molecule has 0 radical (unpaired) electrons. The number of nitrogens with one attached hydrogen (secondary N) is 1. The first-order valence-electron chi connectivity index (χ1n) is 6.51. The van der Waals surface area contributed by atoms with Crippen LogP contribution < -0.4 is 4.72 Å². The predicted molar refractivity (Wildman–Crippen MR) is 88.9 cm³/mol. The molecule has 1 N–H and O–H groups in total. The number of rotatable bonds is 3. The zero-order valence-corrected chi connectivity index (χ0v) is 14.5. The Bertz CT molecular complexity index is 652. The van der Waals surface area contributed by atoms with E-state index in [1.54, 1.807) is 0 Å². The van der Waals surface area contributed by atoms with Crippen LogP contribution in [0.3, 0.4) is 0 Å². The van der Waals surface area contributed by atoms with Gasteiger partial charge in [-0.2, -0.15) is 0 Å². The van der Waals surface area contributed by atoms with Gasteiger partial charge in [0.1, 0.15) is 0 Å². The second kappa shape index (κ2) is 5.92. The number of pyridine rings is 1. The second-order valence-corrected chi connectivity index (χ2v) is 8.71. The third-order valence-corrected chi connectivity index (χ3v) is 5.13. The van der Waals surface area contributed by atoms with E-state index in [9.17, 15) is 4.21 Å². The SMILES string of the molecule is C[C@@H](N[S@](=O)C(C)(C)C)c1ccc2ccc(Br)cc2n1. The first-order chi connectivity index (χ1) is 9.27. The van der Waals surface area contributed by atoms with Crippen molar-refractivity contribution in [2.24, 2.45) is 0 Å². The molecule has 0 amide bonds. The van der Waals surface area contributed by atoms with Crippen molar-refractivity contribution in [1.82, 2.24) is 9.71 Å². The first kappa shape index (κ1) is 15.6. The van der Waals surface area contributed by atoms with E-state index in [0.29, 0.717) is 0 Å². The average molecular weight is 355 g/mol. The number of benzene rings is 1.